The maximum absolute atomic E-state index is 12.4. The number of carbonyl (C=O) groups excluding carboxylic acids is 2. The van der Waals surface area contributed by atoms with Crippen molar-refractivity contribution in [3.8, 4) is 0 Å². The van der Waals surface area contributed by atoms with Crippen LogP contribution in [0.1, 0.15) is 20.3 Å². The SMILES string of the molecule is CC(=O)NC1C(O)CC(COS(=O)(=O)O)OC1OC1C(O)C(COS(=O)(=O)O)OC(OC2C(COS(=O)(=O)O)OC(OC3C(O)C(O)OC(COS(=O)(=O)O)C3O)C(NC(C)=O)C2O)C1O. The standard InChI is InChI=1S/C28H48N2O32S4/c1-8(31)29-15-11(33)3-10(4-52-63(40,41)42)56-26(15)62-24-18(35)13(6-54-65(46,47)48)58-28(21(24)38)60-22-14(7-55-66(49,50)51)59-27(16(19(22)36)30-9(2)32)61-23-17(34)12(5-53-64(43,44)45)57-25(39)20(23)37/h10-28,33-39H,3-7H2,1-2H3,(H,29,31)(H,30,32)(H,40,41,42)(H,43,44,45)(H,46,47,48)(H,49,50,51). The van der Waals surface area contributed by atoms with Gasteiger partial charge in [-0.05, 0) is 0 Å². The van der Waals surface area contributed by atoms with Crippen LogP contribution in [-0.2, 0) is 101 Å². The Morgan fingerprint density at radius 2 is 0.879 bits per heavy atom. The van der Waals surface area contributed by atoms with Gasteiger partial charge >= 0.3 is 41.6 Å². The summed E-state index contributed by atoms with van der Waals surface area (Å²) in [7, 11) is -21.0. The molecule has 0 aromatic heterocycles. The predicted octanol–water partition coefficient (Wildman–Crippen LogP) is -9.12. The zero-order chi connectivity index (χ0) is 49.9. The molecule has 38 heteroatoms. The summed E-state index contributed by atoms with van der Waals surface area (Å²) in [6.07, 6.45) is -37.1. The Morgan fingerprint density at radius 3 is 1.36 bits per heavy atom. The Morgan fingerprint density at radius 1 is 0.485 bits per heavy atom. The van der Waals surface area contributed by atoms with Crippen LogP contribution >= 0.6 is 0 Å². The first-order chi connectivity index (χ1) is 30.2. The lowest BCUT2D eigenvalue weighted by Crippen LogP contribution is -2.70. The summed E-state index contributed by atoms with van der Waals surface area (Å²) in [5.41, 5.74) is 0. The molecule has 34 nitrogen and oxygen atoms in total. The van der Waals surface area contributed by atoms with E-state index in [0.29, 0.717) is 0 Å². The van der Waals surface area contributed by atoms with E-state index in [2.05, 4.69) is 27.4 Å². The van der Waals surface area contributed by atoms with Gasteiger partial charge in [-0.25, -0.2) is 16.7 Å². The molecule has 0 radical (unpaired) electrons. The summed E-state index contributed by atoms with van der Waals surface area (Å²) in [5, 5.41) is 81.8. The highest BCUT2D eigenvalue weighted by Gasteiger charge is 2.56. The molecule has 19 unspecified atom stereocenters. The Labute approximate surface area is 373 Å². The highest BCUT2D eigenvalue weighted by molar-refractivity contribution is 7.81. The number of nitrogens with one attached hydrogen (secondary N) is 2. The molecule has 0 aromatic rings. The molecule has 13 N–H and O–H groups in total. The third-order valence-corrected chi connectivity index (χ3v) is 11.4. The van der Waals surface area contributed by atoms with Crippen LogP contribution < -0.4 is 10.6 Å². The van der Waals surface area contributed by atoms with Gasteiger partial charge in [0.15, 0.2) is 25.2 Å². The average Bonchev–Trinajstić information content (AvgIpc) is 3.16. The van der Waals surface area contributed by atoms with E-state index in [1.807, 2.05) is 0 Å². The molecular formula is C28H48N2O32S4. The van der Waals surface area contributed by atoms with Crippen molar-refractivity contribution >= 4 is 53.4 Å². The Bertz CT molecular complexity index is 2100. The molecule has 4 saturated heterocycles. The van der Waals surface area contributed by atoms with Gasteiger partial charge in [0.05, 0.1) is 38.6 Å². The number of amides is 2. The third kappa shape index (κ3) is 16.5. The van der Waals surface area contributed by atoms with E-state index in [9.17, 15) is 88.1 Å². The molecule has 4 fully saturated rings. The van der Waals surface area contributed by atoms with E-state index in [1.54, 1.807) is 0 Å². The van der Waals surface area contributed by atoms with Crippen LogP contribution in [0.4, 0.5) is 0 Å². The molecule has 19 atom stereocenters. The number of hydrogen-bond acceptors (Lipinski definition) is 28. The smallest absolute Gasteiger partial charge is 0.391 e. The Hall–Kier alpha value is -2.14. The van der Waals surface area contributed by atoms with E-state index in [4.69, 9.17) is 42.3 Å². The molecule has 4 aliphatic rings. The van der Waals surface area contributed by atoms with Gasteiger partial charge in [-0.1, -0.05) is 0 Å². The second-order valence-corrected chi connectivity index (χ2v) is 19.0. The van der Waals surface area contributed by atoms with Gasteiger partial charge < -0.3 is 79.5 Å². The van der Waals surface area contributed by atoms with Gasteiger partial charge in [0, 0.05) is 20.3 Å². The molecule has 0 aliphatic carbocycles. The maximum atomic E-state index is 12.4. The quantitative estimate of drug-likeness (QED) is 0.0504. The van der Waals surface area contributed by atoms with Crippen LogP contribution in [0.3, 0.4) is 0 Å². The molecule has 66 heavy (non-hydrogen) atoms. The third-order valence-electron chi connectivity index (χ3n) is 9.67. The lowest BCUT2D eigenvalue weighted by molar-refractivity contribution is -0.374. The number of hydrogen-bond donors (Lipinski definition) is 13. The second-order valence-electron chi connectivity index (χ2n) is 14.6. The van der Waals surface area contributed by atoms with E-state index in [1.165, 1.54) is 0 Å². The van der Waals surface area contributed by atoms with Gasteiger partial charge in [-0.2, -0.15) is 33.7 Å². The minimum atomic E-state index is -5.43. The van der Waals surface area contributed by atoms with Gasteiger partial charge in [0.1, 0.15) is 79.2 Å². The fourth-order valence-corrected chi connectivity index (χ4v) is 8.13. The molecule has 0 spiro atoms. The fourth-order valence-electron chi connectivity index (χ4n) is 6.89. The van der Waals surface area contributed by atoms with E-state index in [-0.39, 0.29) is 0 Å². The van der Waals surface area contributed by atoms with Crippen molar-refractivity contribution in [1.29, 1.82) is 0 Å². The highest BCUT2D eigenvalue weighted by Crippen LogP contribution is 2.35. The fraction of sp³-hybridized carbons (Fsp3) is 0.929. The van der Waals surface area contributed by atoms with Crippen molar-refractivity contribution in [3.63, 3.8) is 0 Å². The number of rotatable bonds is 20. The van der Waals surface area contributed by atoms with Crippen molar-refractivity contribution in [2.75, 3.05) is 26.4 Å². The van der Waals surface area contributed by atoms with Crippen molar-refractivity contribution < 1.29 is 147 Å². The predicted molar refractivity (Wildman–Crippen MR) is 197 cm³/mol. The monoisotopic (exact) mass is 1050 g/mol. The second kappa shape index (κ2) is 22.7. The average molecular weight is 1050 g/mol. The van der Waals surface area contributed by atoms with E-state index in [0.717, 1.165) is 13.8 Å². The Kier molecular flexibility index (Phi) is 19.4. The minimum absolute atomic E-state index is 0.501. The lowest BCUT2D eigenvalue weighted by atomic mass is 9.94. The van der Waals surface area contributed by atoms with Crippen molar-refractivity contribution in [1.82, 2.24) is 10.6 Å². The number of ether oxygens (including phenoxy) is 7. The van der Waals surface area contributed by atoms with Gasteiger partial charge in [0.25, 0.3) is 0 Å². The van der Waals surface area contributed by atoms with Crippen LogP contribution in [0, 0.1) is 0 Å². The number of aliphatic hydroxyl groups excluding tert-OH is 7. The van der Waals surface area contributed by atoms with Crippen LogP contribution in [-0.4, -0.2) is 242 Å². The molecule has 2 amide bonds. The lowest BCUT2D eigenvalue weighted by Gasteiger charge is -2.50. The minimum Gasteiger partial charge on any atom is -0.391 e. The van der Waals surface area contributed by atoms with Crippen LogP contribution in [0.15, 0.2) is 0 Å². The summed E-state index contributed by atoms with van der Waals surface area (Å²) < 4.78 is 184. The first kappa shape index (κ1) is 56.4. The molecule has 4 heterocycles. The van der Waals surface area contributed by atoms with Gasteiger partial charge in [0.2, 0.25) is 11.8 Å². The van der Waals surface area contributed by atoms with Crippen LogP contribution in [0.2, 0.25) is 0 Å². The molecule has 0 aromatic carbocycles. The molecule has 0 bridgehead atoms. The first-order valence-corrected chi connectivity index (χ1v) is 24.1. The van der Waals surface area contributed by atoms with Gasteiger partial charge in [-0.15, -0.1) is 0 Å². The summed E-state index contributed by atoms with van der Waals surface area (Å²) in [6.45, 7) is -3.10. The van der Waals surface area contributed by atoms with Crippen molar-refractivity contribution in [3.05, 3.63) is 0 Å². The molecule has 4 rings (SSSR count). The Balaban J connectivity index is 1.72. The summed E-state index contributed by atoms with van der Waals surface area (Å²) in [5.74, 6) is -1.84. The summed E-state index contributed by atoms with van der Waals surface area (Å²) in [6, 6.07) is -3.64. The molecule has 386 valence electrons. The summed E-state index contributed by atoms with van der Waals surface area (Å²) >= 11 is 0. The van der Waals surface area contributed by atoms with E-state index >= 15 is 0 Å². The zero-order valence-electron chi connectivity index (χ0n) is 33.6. The normalized spacial score (nSPS) is 39.5. The van der Waals surface area contributed by atoms with Crippen molar-refractivity contribution in [2.24, 2.45) is 0 Å². The zero-order valence-corrected chi connectivity index (χ0v) is 36.9. The summed E-state index contributed by atoms with van der Waals surface area (Å²) in [4.78, 5) is 24.5. The van der Waals surface area contributed by atoms with Crippen LogP contribution in [0.5, 0.6) is 0 Å². The van der Waals surface area contributed by atoms with E-state index < -0.39 is 203 Å². The van der Waals surface area contributed by atoms with Crippen molar-refractivity contribution in [2.45, 2.75) is 137 Å². The number of carbonyl (C=O) groups is 2. The van der Waals surface area contributed by atoms with Gasteiger partial charge in [-0.3, -0.25) is 27.8 Å². The first-order valence-electron chi connectivity index (χ1n) is 18.6. The largest absolute Gasteiger partial charge is 0.397 e. The maximum Gasteiger partial charge on any atom is 0.397 e. The molecule has 4 aliphatic heterocycles. The topological polar surface area (TPSA) is 519 Å². The number of aliphatic hydroxyl groups is 7. The molecular weight excluding hydrogens is 1000 g/mol. The highest BCUT2D eigenvalue weighted by atomic mass is 32.3. The molecule has 0 saturated carbocycles. The van der Waals surface area contributed by atoms with Crippen LogP contribution in [0.25, 0.3) is 0 Å².